The van der Waals surface area contributed by atoms with E-state index in [0.717, 1.165) is 0 Å². The van der Waals surface area contributed by atoms with Gasteiger partial charge in [-0.2, -0.15) is 0 Å². The zero-order chi connectivity index (χ0) is 15.4. The van der Waals surface area contributed by atoms with Crippen molar-refractivity contribution in [2.75, 3.05) is 12.5 Å². The van der Waals surface area contributed by atoms with Crippen LogP contribution < -0.4 is 20.7 Å². The average molecular weight is 356 g/mol. The summed E-state index contributed by atoms with van der Waals surface area (Å²) in [5, 5.41) is 10.8. The first-order valence-corrected chi connectivity index (χ1v) is 6.33. The zero-order valence-electron chi connectivity index (χ0n) is 10.7. The first kappa shape index (κ1) is 14.9. The third-order valence-electron chi connectivity index (χ3n) is 2.46. The highest BCUT2D eigenvalue weighted by atomic mass is 79.9. The third-order valence-corrected chi connectivity index (χ3v) is 3.17. The number of benzene rings is 1. The highest BCUT2D eigenvalue weighted by Crippen LogP contribution is 2.37. The lowest BCUT2D eigenvalue weighted by Crippen LogP contribution is -2.10. The van der Waals surface area contributed by atoms with Crippen molar-refractivity contribution in [1.82, 2.24) is 9.97 Å². The molecule has 0 saturated heterocycles. The lowest BCUT2D eigenvalue weighted by Gasteiger charge is -2.11. The van der Waals surface area contributed by atoms with E-state index in [1.54, 1.807) is 0 Å². The van der Waals surface area contributed by atoms with Gasteiger partial charge in [0.05, 0.1) is 18.1 Å². The van der Waals surface area contributed by atoms with E-state index in [0.29, 0.717) is 16.0 Å². The predicted molar refractivity (Wildman–Crippen MR) is 77.3 cm³/mol. The minimum Gasteiger partial charge on any atom is -0.493 e. The number of ether oxygens (including phenoxy) is 2. The minimum atomic E-state index is -0.534. The number of anilines is 1. The number of nitrogens with two attached hydrogens (primary N) is 1. The van der Waals surface area contributed by atoms with Gasteiger partial charge in [-0.15, -0.1) is 0 Å². The minimum absolute atomic E-state index is 0.131. The molecule has 3 N–H and O–H groups in total. The van der Waals surface area contributed by atoms with Crippen LogP contribution in [0.2, 0.25) is 0 Å². The third kappa shape index (κ3) is 3.17. The van der Waals surface area contributed by atoms with Crippen molar-refractivity contribution >= 4 is 27.4 Å². The van der Waals surface area contributed by atoms with Crippen LogP contribution in [0.4, 0.5) is 11.5 Å². The Bertz CT molecular complexity index is 682. The fraction of sp³-hybridized carbons (Fsp3) is 0.0909. The number of aromatic nitrogens is 2. The van der Waals surface area contributed by atoms with Crippen molar-refractivity contribution in [2.45, 2.75) is 0 Å². The standard InChI is InChI=1S/C11H10BrN5O4/c1-20-7-3-2-6(17(18)19)4-8(7)21-11-9(12)10(16-13)14-5-15-11/h2-5H,13H2,1H3,(H,14,15,16). The predicted octanol–water partition coefficient (Wildman–Crippen LogP) is 2.23. The van der Waals surface area contributed by atoms with Crippen molar-refractivity contribution in [3.63, 3.8) is 0 Å². The second kappa shape index (κ2) is 6.33. The smallest absolute Gasteiger partial charge is 0.273 e. The Morgan fingerprint density at radius 2 is 2.14 bits per heavy atom. The molecule has 0 bridgehead atoms. The van der Waals surface area contributed by atoms with Crippen molar-refractivity contribution in [1.29, 1.82) is 0 Å². The molecule has 0 unspecified atom stereocenters. The number of nitro groups is 1. The van der Waals surface area contributed by atoms with Gasteiger partial charge in [0.25, 0.3) is 5.69 Å². The van der Waals surface area contributed by atoms with Crippen molar-refractivity contribution in [3.05, 3.63) is 39.1 Å². The SMILES string of the molecule is COc1ccc([N+](=O)[O-])cc1Oc1ncnc(NN)c1Br. The van der Waals surface area contributed by atoms with E-state index in [1.807, 2.05) is 0 Å². The largest absolute Gasteiger partial charge is 0.493 e. The molecule has 10 heteroatoms. The van der Waals surface area contributed by atoms with Crippen LogP contribution in [0, 0.1) is 10.1 Å². The number of nitrogen functional groups attached to an aromatic ring is 1. The van der Waals surface area contributed by atoms with E-state index in [-0.39, 0.29) is 17.3 Å². The number of nitrogens with one attached hydrogen (secondary N) is 1. The number of hydrogen-bond acceptors (Lipinski definition) is 8. The van der Waals surface area contributed by atoms with E-state index in [2.05, 4.69) is 31.3 Å². The van der Waals surface area contributed by atoms with Crippen LogP contribution in [0.1, 0.15) is 0 Å². The van der Waals surface area contributed by atoms with Crippen LogP contribution in [-0.4, -0.2) is 22.0 Å². The molecule has 1 aromatic heterocycles. The van der Waals surface area contributed by atoms with Gasteiger partial charge in [-0.3, -0.25) is 10.1 Å². The number of methoxy groups -OCH3 is 1. The number of non-ortho nitro benzene ring substituents is 1. The summed E-state index contributed by atoms with van der Waals surface area (Å²) in [6, 6.07) is 3.99. The molecule has 0 spiro atoms. The van der Waals surface area contributed by atoms with Gasteiger partial charge in [-0.1, -0.05) is 0 Å². The molecule has 0 aliphatic heterocycles. The Kier molecular flexibility index (Phi) is 4.50. The van der Waals surface area contributed by atoms with Crippen LogP contribution >= 0.6 is 15.9 Å². The summed E-state index contributed by atoms with van der Waals surface area (Å²) in [5.41, 5.74) is 2.23. The fourth-order valence-corrected chi connectivity index (χ4v) is 1.89. The number of nitro benzene ring substituents is 1. The Morgan fingerprint density at radius 3 is 2.76 bits per heavy atom. The maximum atomic E-state index is 10.8. The Labute approximate surface area is 127 Å². The van der Waals surface area contributed by atoms with E-state index in [9.17, 15) is 10.1 Å². The molecule has 21 heavy (non-hydrogen) atoms. The van der Waals surface area contributed by atoms with Crippen LogP contribution in [0.3, 0.4) is 0 Å². The van der Waals surface area contributed by atoms with Gasteiger partial charge < -0.3 is 14.9 Å². The maximum absolute atomic E-state index is 10.8. The molecule has 1 heterocycles. The normalized spacial score (nSPS) is 10.0. The highest BCUT2D eigenvalue weighted by Gasteiger charge is 2.16. The molecule has 0 amide bonds. The zero-order valence-corrected chi connectivity index (χ0v) is 12.3. The summed E-state index contributed by atoms with van der Waals surface area (Å²) in [6.45, 7) is 0. The van der Waals surface area contributed by atoms with E-state index in [4.69, 9.17) is 15.3 Å². The van der Waals surface area contributed by atoms with Crippen LogP contribution in [-0.2, 0) is 0 Å². The molecular formula is C11H10BrN5O4. The summed E-state index contributed by atoms with van der Waals surface area (Å²) in [4.78, 5) is 18.1. The Morgan fingerprint density at radius 1 is 1.38 bits per heavy atom. The quantitative estimate of drug-likeness (QED) is 0.475. The van der Waals surface area contributed by atoms with Crippen LogP contribution in [0.15, 0.2) is 29.0 Å². The molecule has 0 aliphatic carbocycles. The van der Waals surface area contributed by atoms with Gasteiger partial charge in [0.15, 0.2) is 17.3 Å². The Hall–Kier alpha value is -2.46. The van der Waals surface area contributed by atoms with Crippen molar-refractivity contribution in [2.24, 2.45) is 5.84 Å². The van der Waals surface area contributed by atoms with Gasteiger partial charge in [-0.25, -0.2) is 15.8 Å². The van der Waals surface area contributed by atoms with Gasteiger partial charge in [0.1, 0.15) is 10.8 Å². The van der Waals surface area contributed by atoms with Gasteiger partial charge in [0, 0.05) is 6.07 Å². The van der Waals surface area contributed by atoms with Crippen molar-refractivity contribution < 1.29 is 14.4 Å². The molecule has 2 rings (SSSR count). The number of nitrogens with zero attached hydrogens (tertiary/aromatic N) is 3. The lowest BCUT2D eigenvalue weighted by atomic mass is 10.3. The second-order valence-electron chi connectivity index (χ2n) is 3.68. The van der Waals surface area contributed by atoms with Crippen molar-refractivity contribution in [3.8, 4) is 17.4 Å². The molecule has 2 aromatic rings. The fourth-order valence-electron chi connectivity index (χ4n) is 1.49. The molecule has 0 saturated carbocycles. The summed E-state index contributed by atoms with van der Waals surface area (Å²) in [5.74, 6) is 6.21. The number of rotatable bonds is 5. The average Bonchev–Trinajstić information content (AvgIpc) is 2.49. The van der Waals surface area contributed by atoms with E-state index >= 15 is 0 Å². The maximum Gasteiger partial charge on any atom is 0.273 e. The summed E-state index contributed by atoms with van der Waals surface area (Å²) in [7, 11) is 1.43. The Balaban J connectivity index is 2.43. The topological polar surface area (TPSA) is 125 Å². The summed E-state index contributed by atoms with van der Waals surface area (Å²) >= 11 is 3.23. The molecule has 0 fully saturated rings. The number of hydrogen-bond donors (Lipinski definition) is 2. The molecule has 110 valence electrons. The molecule has 1 aromatic carbocycles. The highest BCUT2D eigenvalue weighted by molar-refractivity contribution is 9.10. The lowest BCUT2D eigenvalue weighted by molar-refractivity contribution is -0.384. The first-order valence-electron chi connectivity index (χ1n) is 5.54. The van der Waals surface area contributed by atoms with E-state index < -0.39 is 4.92 Å². The first-order chi connectivity index (χ1) is 10.1. The summed E-state index contributed by atoms with van der Waals surface area (Å²) < 4.78 is 11.0. The monoisotopic (exact) mass is 355 g/mol. The van der Waals surface area contributed by atoms with Gasteiger partial charge in [-0.05, 0) is 22.0 Å². The second-order valence-corrected chi connectivity index (χ2v) is 4.47. The number of hydrazine groups is 1. The van der Waals surface area contributed by atoms with Crippen LogP contribution in [0.25, 0.3) is 0 Å². The molecule has 0 atom stereocenters. The van der Waals surface area contributed by atoms with E-state index in [1.165, 1.54) is 31.6 Å². The molecule has 0 aliphatic rings. The molecular weight excluding hydrogens is 346 g/mol. The molecule has 9 nitrogen and oxygen atoms in total. The van der Waals surface area contributed by atoms with Gasteiger partial charge in [0.2, 0.25) is 5.88 Å². The van der Waals surface area contributed by atoms with Gasteiger partial charge >= 0.3 is 0 Å². The number of halogens is 1. The van der Waals surface area contributed by atoms with Crippen LogP contribution in [0.5, 0.6) is 17.4 Å². The summed E-state index contributed by atoms with van der Waals surface area (Å²) in [6.07, 6.45) is 1.24. The molecule has 0 radical (unpaired) electrons.